The van der Waals surface area contributed by atoms with Gasteiger partial charge >= 0.3 is 0 Å². The molecule has 1 atom stereocenters. The van der Waals surface area contributed by atoms with Crippen molar-refractivity contribution in [2.45, 2.75) is 32.8 Å². The van der Waals surface area contributed by atoms with Gasteiger partial charge in [-0.2, -0.15) is 5.10 Å². The average Bonchev–Trinajstić information content (AvgIpc) is 3.11. The van der Waals surface area contributed by atoms with E-state index in [-0.39, 0.29) is 11.8 Å². The zero-order chi connectivity index (χ0) is 20.4. The van der Waals surface area contributed by atoms with E-state index in [4.69, 9.17) is 0 Å². The summed E-state index contributed by atoms with van der Waals surface area (Å²) >= 11 is 0. The molecule has 4 rings (SSSR count). The molecule has 1 aromatic heterocycles. The van der Waals surface area contributed by atoms with Gasteiger partial charge in [0.25, 0.3) is 5.91 Å². The van der Waals surface area contributed by atoms with E-state index in [0.717, 1.165) is 35.5 Å². The number of aliphatic hydroxyl groups is 1. The van der Waals surface area contributed by atoms with Crippen LogP contribution in [0.1, 0.15) is 46.3 Å². The first kappa shape index (κ1) is 19.4. The molecule has 0 spiro atoms. The number of nitrogens with zero attached hydrogens (tertiary/aromatic N) is 3. The van der Waals surface area contributed by atoms with Gasteiger partial charge in [0, 0.05) is 24.3 Å². The predicted molar refractivity (Wildman–Crippen MR) is 113 cm³/mol. The summed E-state index contributed by atoms with van der Waals surface area (Å²) in [6.45, 7) is 5.34. The van der Waals surface area contributed by atoms with Gasteiger partial charge in [0.05, 0.1) is 17.5 Å². The molecule has 1 aliphatic heterocycles. The van der Waals surface area contributed by atoms with E-state index < -0.39 is 6.10 Å². The molecule has 5 nitrogen and oxygen atoms in total. The largest absolute Gasteiger partial charge is 0.388 e. The van der Waals surface area contributed by atoms with E-state index in [1.54, 1.807) is 0 Å². The van der Waals surface area contributed by atoms with Crippen molar-refractivity contribution in [2.75, 3.05) is 13.1 Å². The minimum absolute atomic E-state index is 0.0533. The lowest BCUT2D eigenvalue weighted by Crippen LogP contribution is -2.39. The molecule has 1 aliphatic rings. The zero-order valence-electron chi connectivity index (χ0n) is 17.0. The second-order valence-corrected chi connectivity index (χ2v) is 7.87. The van der Waals surface area contributed by atoms with Crippen molar-refractivity contribution < 1.29 is 9.90 Å². The van der Waals surface area contributed by atoms with Gasteiger partial charge in [-0.1, -0.05) is 30.3 Å². The molecule has 5 heteroatoms. The number of benzene rings is 2. The summed E-state index contributed by atoms with van der Waals surface area (Å²) in [5.41, 5.74) is 4.65. The SMILES string of the molecule is Cc1cc(C)n(-c2ccc(C(=O)N3CCC(C(O)c4ccccc4)CC3)cc2)n1. The van der Waals surface area contributed by atoms with Crippen LogP contribution in [0.2, 0.25) is 0 Å². The number of carbonyl (C=O) groups is 1. The van der Waals surface area contributed by atoms with Gasteiger partial charge < -0.3 is 10.0 Å². The average molecular weight is 389 g/mol. The van der Waals surface area contributed by atoms with Gasteiger partial charge in [-0.3, -0.25) is 4.79 Å². The Morgan fingerprint density at radius 1 is 1.03 bits per heavy atom. The van der Waals surface area contributed by atoms with Gasteiger partial charge in [-0.05, 0) is 68.5 Å². The van der Waals surface area contributed by atoms with Gasteiger partial charge in [0.15, 0.2) is 0 Å². The molecule has 150 valence electrons. The summed E-state index contributed by atoms with van der Waals surface area (Å²) < 4.78 is 1.89. The van der Waals surface area contributed by atoms with Gasteiger partial charge in [0.2, 0.25) is 0 Å². The highest BCUT2D eigenvalue weighted by atomic mass is 16.3. The number of aromatic nitrogens is 2. The number of aryl methyl sites for hydroxylation is 2. The molecule has 3 aromatic rings. The Morgan fingerprint density at radius 3 is 2.28 bits per heavy atom. The fourth-order valence-electron chi connectivity index (χ4n) is 4.16. The molecule has 2 aromatic carbocycles. The van der Waals surface area contributed by atoms with Gasteiger partial charge in [-0.25, -0.2) is 4.68 Å². The lowest BCUT2D eigenvalue weighted by atomic mass is 9.87. The summed E-state index contributed by atoms with van der Waals surface area (Å²) in [5.74, 6) is 0.243. The van der Waals surface area contributed by atoms with Crippen LogP contribution in [0.15, 0.2) is 60.7 Å². The number of rotatable bonds is 4. The van der Waals surface area contributed by atoms with Crippen molar-refractivity contribution in [3.05, 3.63) is 83.2 Å². The molecule has 0 bridgehead atoms. The first-order valence-electron chi connectivity index (χ1n) is 10.2. The molecule has 1 N–H and O–H groups in total. The normalized spacial score (nSPS) is 16.0. The summed E-state index contributed by atoms with van der Waals surface area (Å²) in [7, 11) is 0. The van der Waals surface area contributed by atoms with Gasteiger partial charge in [0.1, 0.15) is 0 Å². The number of likely N-dealkylation sites (tertiary alicyclic amines) is 1. The van der Waals surface area contributed by atoms with Crippen LogP contribution in [0.25, 0.3) is 5.69 Å². The third-order valence-electron chi connectivity index (χ3n) is 5.78. The van der Waals surface area contributed by atoms with Crippen molar-refractivity contribution in [3.63, 3.8) is 0 Å². The predicted octanol–water partition coefficient (Wildman–Crippen LogP) is 4.07. The molecule has 0 saturated carbocycles. The molecule has 1 saturated heterocycles. The van der Waals surface area contributed by atoms with Crippen LogP contribution in [0, 0.1) is 19.8 Å². The molecule has 0 radical (unpaired) electrons. The third-order valence-corrected chi connectivity index (χ3v) is 5.78. The summed E-state index contributed by atoms with van der Waals surface area (Å²) in [4.78, 5) is 14.8. The standard InChI is InChI=1S/C24H27N3O2/c1-17-16-18(2)27(25-17)22-10-8-21(9-11-22)24(29)26-14-12-20(13-15-26)23(28)19-6-4-3-5-7-19/h3-11,16,20,23,28H,12-15H2,1-2H3. The Balaban J connectivity index is 1.39. The van der Waals surface area contributed by atoms with Crippen LogP contribution < -0.4 is 0 Å². The van der Waals surface area contributed by atoms with E-state index in [9.17, 15) is 9.90 Å². The van der Waals surface area contributed by atoms with Crippen molar-refractivity contribution in [3.8, 4) is 5.69 Å². The van der Waals surface area contributed by atoms with Crippen LogP contribution in [-0.2, 0) is 0 Å². The van der Waals surface area contributed by atoms with Crippen molar-refractivity contribution in [1.29, 1.82) is 0 Å². The minimum Gasteiger partial charge on any atom is -0.388 e. The Morgan fingerprint density at radius 2 is 1.69 bits per heavy atom. The lowest BCUT2D eigenvalue weighted by molar-refractivity contribution is 0.0462. The number of amides is 1. The lowest BCUT2D eigenvalue weighted by Gasteiger charge is -2.34. The zero-order valence-corrected chi connectivity index (χ0v) is 17.0. The van der Waals surface area contributed by atoms with Crippen molar-refractivity contribution in [2.24, 2.45) is 5.92 Å². The Hall–Kier alpha value is -2.92. The highest BCUT2D eigenvalue weighted by Gasteiger charge is 2.28. The molecule has 1 amide bonds. The highest BCUT2D eigenvalue weighted by molar-refractivity contribution is 5.94. The van der Waals surface area contributed by atoms with Crippen LogP contribution in [0.5, 0.6) is 0 Å². The van der Waals surface area contributed by atoms with E-state index in [2.05, 4.69) is 5.10 Å². The van der Waals surface area contributed by atoms with Crippen LogP contribution in [0.4, 0.5) is 0 Å². The quantitative estimate of drug-likeness (QED) is 0.732. The van der Waals surface area contributed by atoms with Crippen LogP contribution in [-0.4, -0.2) is 38.8 Å². The number of aliphatic hydroxyl groups excluding tert-OH is 1. The number of hydrogen-bond donors (Lipinski definition) is 1. The Bertz CT molecular complexity index is 971. The maximum absolute atomic E-state index is 12.9. The van der Waals surface area contributed by atoms with Crippen molar-refractivity contribution >= 4 is 5.91 Å². The first-order valence-corrected chi connectivity index (χ1v) is 10.2. The van der Waals surface area contributed by atoms with Crippen LogP contribution in [0.3, 0.4) is 0 Å². The molecule has 0 aliphatic carbocycles. The summed E-state index contributed by atoms with van der Waals surface area (Å²) in [6, 6.07) is 19.5. The van der Waals surface area contributed by atoms with E-state index in [1.807, 2.05) is 84.1 Å². The summed E-state index contributed by atoms with van der Waals surface area (Å²) in [6.07, 6.45) is 1.16. The smallest absolute Gasteiger partial charge is 0.253 e. The van der Waals surface area contributed by atoms with E-state index in [1.165, 1.54) is 0 Å². The molecule has 1 unspecified atom stereocenters. The van der Waals surface area contributed by atoms with Crippen LogP contribution >= 0.6 is 0 Å². The number of hydrogen-bond acceptors (Lipinski definition) is 3. The number of piperidine rings is 1. The number of carbonyl (C=O) groups excluding carboxylic acids is 1. The van der Waals surface area contributed by atoms with Gasteiger partial charge in [-0.15, -0.1) is 0 Å². The fourth-order valence-corrected chi connectivity index (χ4v) is 4.16. The monoisotopic (exact) mass is 389 g/mol. The molecular formula is C24H27N3O2. The highest BCUT2D eigenvalue weighted by Crippen LogP contribution is 2.31. The Labute approximate surface area is 171 Å². The van der Waals surface area contributed by atoms with Crippen molar-refractivity contribution in [1.82, 2.24) is 14.7 Å². The fraction of sp³-hybridized carbons (Fsp3) is 0.333. The second kappa shape index (κ2) is 8.21. The molecule has 2 heterocycles. The second-order valence-electron chi connectivity index (χ2n) is 7.87. The molecule has 1 fully saturated rings. The molecule has 29 heavy (non-hydrogen) atoms. The Kier molecular flexibility index (Phi) is 5.49. The van der Waals surface area contributed by atoms with E-state index in [0.29, 0.717) is 18.7 Å². The minimum atomic E-state index is -0.464. The topological polar surface area (TPSA) is 58.4 Å². The maximum Gasteiger partial charge on any atom is 0.253 e. The maximum atomic E-state index is 12.9. The first-order chi connectivity index (χ1) is 14.0. The third kappa shape index (κ3) is 4.10. The molecular weight excluding hydrogens is 362 g/mol. The summed E-state index contributed by atoms with van der Waals surface area (Å²) in [5, 5.41) is 15.1. The van der Waals surface area contributed by atoms with E-state index >= 15 is 0 Å².